The Morgan fingerprint density at radius 3 is 2.50 bits per heavy atom. The largest absolute Gasteiger partial charge is 0.303 e. The van der Waals surface area contributed by atoms with Gasteiger partial charge >= 0.3 is 0 Å². The maximum Gasteiger partial charge on any atom is 0.00130 e. The van der Waals surface area contributed by atoms with Crippen molar-refractivity contribution < 1.29 is 0 Å². The van der Waals surface area contributed by atoms with Gasteiger partial charge in [-0.3, -0.25) is 0 Å². The number of rotatable bonds is 5. The van der Waals surface area contributed by atoms with Crippen LogP contribution in [0.5, 0.6) is 0 Å². The molecule has 1 heteroatoms. The molecule has 2 rings (SSSR count). The molecule has 1 nitrogen and oxygen atoms in total. The molecule has 0 amide bonds. The lowest BCUT2D eigenvalue weighted by molar-refractivity contribution is 0.297. The van der Waals surface area contributed by atoms with Gasteiger partial charge in [-0.1, -0.05) is 26.2 Å². The van der Waals surface area contributed by atoms with Gasteiger partial charge in [0.25, 0.3) is 0 Å². The average molecular weight is 167 g/mol. The third-order valence-electron chi connectivity index (χ3n) is 3.38. The Bertz CT molecular complexity index is 134. The summed E-state index contributed by atoms with van der Waals surface area (Å²) in [6, 6.07) is 0. The van der Waals surface area contributed by atoms with Crippen LogP contribution >= 0.6 is 0 Å². The highest BCUT2D eigenvalue weighted by Crippen LogP contribution is 2.44. The van der Waals surface area contributed by atoms with E-state index in [9.17, 15) is 0 Å². The normalized spacial score (nSPS) is 33.8. The number of unbranched alkanes of at least 4 members (excludes halogenated alkanes) is 3. The number of hydrogen-bond donors (Lipinski definition) is 0. The highest BCUT2D eigenvalue weighted by Gasteiger charge is 2.44. The molecule has 12 heavy (non-hydrogen) atoms. The molecule has 0 aromatic rings. The summed E-state index contributed by atoms with van der Waals surface area (Å²) in [5.74, 6) is 2.24. The molecule has 0 aromatic carbocycles. The van der Waals surface area contributed by atoms with Crippen LogP contribution in [-0.2, 0) is 0 Å². The SMILES string of the molecule is CCCCCCN1CC2CC2C1. The summed E-state index contributed by atoms with van der Waals surface area (Å²) in [4.78, 5) is 2.68. The van der Waals surface area contributed by atoms with Crippen LogP contribution in [0, 0.1) is 11.8 Å². The van der Waals surface area contributed by atoms with Gasteiger partial charge in [0.1, 0.15) is 0 Å². The number of fused-ring (bicyclic) bond motifs is 1. The Morgan fingerprint density at radius 1 is 1.08 bits per heavy atom. The molecule has 1 saturated carbocycles. The van der Waals surface area contributed by atoms with Gasteiger partial charge in [-0.25, -0.2) is 0 Å². The Balaban J connectivity index is 1.50. The standard InChI is InChI=1S/C11H21N/c1-2-3-4-5-6-12-8-10-7-11(10)9-12/h10-11H,2-9H2,1H3. The van der Waals surface area contributed by atoms with Crippen molar-refractivity contribution in [2.24, 2.45) is 11.8 Å². The highest BCUT2D eigenvalue weighted by atomic mass is 15.2. The van der Waals surface area contributed by atoms with Crippen LogP contribution < -0.4 is 0 Å². The fourth-order valence-corrected chi connectivity index (χ4v) is 2.44. The number of likely N-dealkylation sites (tertiary alicyclic amines) is 1. The van der Waals surface area contributed by atoms with E-state index in [4.69, 9.17) is 0 Å². The minimum atomic E-state index is 1.12. The van der Waals surface area contributed by atoms with Gasteiger partial charge in [-0.15, -0.1) is 0 Å². The van der Waals surface area contributed by atoms with Gasteiger partial charge in [0, 0.05) is 13.1 Å². The van der Waals surface area contributed by atoms with Crippen LogP contribution in [0.4, 0.5) is 0 Å². The molecule has 2 atom stereocenters. The lowest BCUT2D eigenvalue weighted by atomic mass is 10.2. The monoisotopic (exact) mass is 167 g/mol. The quantitative estimate of drug-likeness (QED) is 0.569. The topological polar surface area (TPSA) is 3.24 Å². The van der Waals surface area contributed by atoms with Gasteiger partial charge in [0.05, 0.1) is 0 Å². The third-order valence-corrected chi connectivity index (χ3v) is 3.38. The summed E-state index contributed by atoms with van der Waals surface area (Å²) >= 11 is 0. The van der Waals surface area contributed by atoms with Crippen molar-refractivity contribution in [1.29, 1.82) is 0 Å². The Kier molecular flexibility index (Phi) is 2.69. The predicted octanol–water partition coefficient (Wildman–Crippen LogP) is 2.52. The number of hydrogen-bond acceptors (Lipinski definition) is 1. The molecule has 70 valence electrons. The summed E-state index contributed by atoms with van der Waals surface area (Å²) in [6.07, 6.45) is 7.23. The summed E-state index contributed by atoms with van der Waals surface area (Å²) in [5.41, 5.74) is 0. The van der Waals surface area contributed by atoms with Gasteiger partial charge in [-0.2, -0.15) is 0 Å². The van der Waals surface area contributed by atoms with E-state index in [1.165, 1.54) is 45.3 Å². The molecule has 2 aliphatic rings. The number of piperidine rings is 1. The molecule has 2 fully saturated rings. The maximum absolute atomic E-state index is 2.68. The van der Waals surface area contributed by atoms with E-state index in [1.54, 1.807) is 6.42 Å². The molecule has 2 unspecified atom stereocenters. The molecule has 1 aliphatic carbocycles. The van der Waals surface area contributed by atoms with Crippen LogP contribution in [-0.4, -0.2) is 24.5 Å². The molecule has 1 heterocycles. The Labute approximate surface area is 76.1 Å². The van der Waals surface area contributed by atoms with E-state index in [1.807, 2.05) is 0 Å². The van der Waals surface area contributed by atoms with Crippen molar-refractivity contribution in [1.82, 2.24) is 4.90 Å². The first-order chi connectivity index (χ1) is 5.90. The molecule has 0 aromatic heterocycles. The third kappa shape index (κ3) is 2.01. The van der Waals surface area contributed by atoms with Crippen molar-refractivity contribution in [3.05, 3.63) is 0 Å². The fraction of sp³-hybridized carbons (Fsp3) is 1.00. The lowest BCUT2D eigenvalue weighted by Gasteiger charge is -2.16. The van der Waals surface area contributed by atoms with Crippen molar-refractivity contribution in [3.8, 4) is 0 Å². The zero-order chi connectivity index (χ0) is 8.39. The zero-order valence-corrected chi connectivity index (χ0v) is 8.26. The van der Waals surface area contributed by atoms with Gasteiger partial charge in [-0.05, 0) is 31.2 Å². The van der Waals surface area contributed by atoms with Gasteiger partial charge in [0.15, 0.2) is 0 Å². The van der Waals surface area contributed by atoms with Crippen LogP contribution in [0.1, 0.15) is 39.0 Å². The van der Waals surface area contributed by atoms with Crippen LogP contribution in [0.15, 0.2) is 0 Å². The minimum absolute atomic E-state index is 1.12. The summed E-state index contributed by atoms with van der Waals surface area (Å²) in [5, 5.41) is 0. The van der Waals surface area contributed by atoms with Gasteiger partial charge in [0.2, 0.25) is 0 Å². The molecule has 1 saturated heterocycles. The smallest absolute Gasteiger partial charge is 0.00130 e. The van der Waals surface area contributed by atoms with Crippen molar-refractivity contribution in [2.75, 3.05) is 19.6 Å². The first-order valence-corrected chi connectivity index (χ1v) is 5.62. The summed E-state index contributed by atoms with van der Waals surface area (Å²) in [6.45, 7) is 6.52. The van der Waals surface area contributed by atoms with Crippen LogP contribution in [0.3, 0.4) is 0 Å². The first kappa shape index (κ1) is 8.55. The van der Waals surface area contributed by atoms with Crippen molar-refractivity contribution >= 4 is 0 Å². The summed E-state index contributed by atoms with van der Waals surface area (Å²) < 4.78 is 0. The highest BCUT2D eigenvalue weighted by molar-refractivity contribution is 4.96. The van der Waals surface area contributed by atoms with E-state index in [-0.39, 0.29) is 0 Å². The Morgan fingerprint density at radius 2 is 1.83 bits per heavy atom. The second kappa shape index (κ2) is 3.78. The Hall–Kier alpha value is -0.0400. The second-order valence-electron chi connectivity index (χ2n) is 4.58. The molecule has 0 bridgehead atoms. The summed E-state index contributed by atoms with van der Waals surface area (Å²) in [7, 11) is 0. The predicted molar refractivity (Wildman–Crippen MR) is 52.2 cm³/mol. The lowest BCUT2D eigenvalue weighted by Crippen LogP contribution is -2.23. The van der Waals surface area contributed by atoms with E-state index >= 15 is 0 Å². The number of nitrogens with zero attached hydrogens (tertiary/aromatic N) is 1. The van der Waals surface area contributed by atoms with E-state index in [0.717, 1.165) is 11.8 Å². The van der Waals surface area contributed by atoms with Crippen LogP contribution in [0.25, 0.3) is 0 Å². The second-order valence-corrected chi connectivity index (χ2v) is 4.58. The molecule has 0 radical (unpaired) electrons. The molecule has 0 N–H and O–H groups in total. The van der Waals surface area contributed by atoms with E-state index < -0.39 is 0 Å². The van der Waals surface area contributed by atoms with Crippen LogP contribution in [0.2, 0.25) is 0 Å². The van der Waals surface area contributed by atoms with Crippen molar-refractivity contribution in [3.63, 3.8) is 0 Å². The van der Waals surface area contributed by atoms with Gasteiger partial charge < -0.3 is 4.90 Å². The average Bonchev–Trinajstić information content (AvgIpc) is 2.69. The minimum Gasteiger partial charge on any atom is -0.303 e. The zero-order valence-electron chi connectivity index (χ0n) is 8.26. The molecule has 0 spiro atoms. The van der Waals surface area contributed by atoms with E-state index in [0.29, 0.717) is 0 Å². The van der Waals surface area contributed by atoms with Crippen molar-refractivity contribution in [2.45, 2.75) is 39.0 Å². The molecular formula is C11H21N. The maximum atomic E-state index is 2.68. The molecular weight excluding hydrogens is 146 g/mol. The molecule has 1 aliphatic heterocycles. The fourth-order valence-electron chi connectivity index (χ4n) is 2.44. The first-order valence-electron chi connectivity index (χ1n) is 5.62. The van der Waals surface area contributed by atoms with E-state index in [2.05, 4.69) is 11.8 Å².